The SMILES string of the molecule is CCOC(=O)c1cc(F)c(C(F)F)[nH]c1=O. The van der Waals surface area contributed by atoms with E-state index in [1.165, 1.54) is 6.92 Å². The Bertz CT molecular complexity index is 456. The highest BCUT2D eigenvalue weighted by Crippen LogP contribution is 2.18. The molecule has 0 unspecified atom stereocenters. The largest absolute Gasteiger partial charge is 0.462 e. The first-order valence-corrected chi connectivity index (χ1v) is 4.35. The van der Waals surface area contributed by atoms with Crippen LogP contribution in [0.15, 0.2) is 10.9 Å². The van der Waals surface area contributed by atoms with E-state index in [1.54, 1.807) is 4.98 Å². The van der Waals surface area contributed by atoms with Crippen LogP contribution in [0.4, 0.5) is 13.2 Å². The van der Waals surface area contributed by atoms with Crippen molar-refractivity contribution >= 4 is 5.97 Å². The summed E-state index contributed by atoms with van der Waals surface area (Å²) in [7, 11) is 0. The van der Waals surface area contributed by atoms with E-state index in [1.807, 2.05) is 0 Å². The molecule has 1 N–H and O–H groups in total. The van der Waals surface area contributed by atoms with Gasteiger partial charge < -0.3 is 9.72 Å². The molecular weight excluding hydrogens is 227 g/mol. The van der Waals surface area contributed by atoms with Gasteiger partial charge in [-0.15, -0.1) is 0 Å². The predicted octanol–water partition coefficient (Wildman–Crippen LogP) is 1.63. The van der Waals surface area contributed by atoms with E-state index in [4.69, 9.17) is 0 Å². The van der Waals surface area contributed by atoms with Crippen molar-refractivity contribution in [1.82, 2.24) is 4.98 Å². The maximum atomic E-state index is 13.0. The zero-order chi connectivity index (χ0) is 12.3. The first-order valence-electron chi connectivity index (χ1n) is 4.35. The number of aromatic amines is 1. The molecule has 0 bridgehead atoms. The summed E-state index contributed by atoms with van der Waals surface area (Å²) in [5.74, 6) is -2.40. The van der Waals surface area contributed by atoms with Crippen LogP contribution in [0.2, 0.25) is 0 Å². The van der Waals surface area contributed by atoms with Gasteiger partial charge in [0, 0.05) is 0 Å². The number of halogens is 3. The van der Waals surface area contributed by atoms with Crippen LogP contribution in [-0.4, -0.2) is 17.6 Å². The number of carbonyl (C=O) groups excluding carboxylic acids is 1. The second-order valence-electron chi connectivity index (χ2n) is 2.79. The number of rotatable bonds is 3. The van der Waals surface area contributed by atoms with Gasteiger partial charge in [0.05, 0.1) is 6.61 Å². The Hall–Kier alpha value is -1.79. The monoisotopic (exact) mass is 235 g/mol. The molecule has 1 aromatic heterocycles. The van der Waals surface area contributed by atoms with E-state index in [2.05, 4.69) is 4.74 Å². The van der Waals surface area contributed by atoms with Gasteiger partial charge in [-0.25, -0.2) is 18.0 Å². The van der Waals surface area contributed by atoms with Crippen LogP contribution < -0.4 is 5.56 Å². The number of nitrogens with one attached hydrogen (secondary N) is 1. The molecule has 1 aromatic rings. The number of ether oxygens (including phenoxy) is 1. The molecule has 0 aliphatic rings. The topological polar surface area (TPSA) is 59.2 Å². The number of carbonyl (C=O) groups is 1. The normalized spacial score (nSPS) is 10.6. The standard InChI is InChI=1S/C9H8F3NO3/c1-2-16-9(15)4-3-5(10)6(7(11)12)13-8(4)14/h3,7H,2H2,1H3,(H,13,14). The zero-order valence-electron chi connectivity index (χ0n) is 8.22. The van der Waals surface area contributed by atoms with Gasteiger partial charge in [-0.3, -0.25) is 4.79 Å². The maximum Gasteiger partial charge on any atom is 0.343 e. The van der Waals surface area contributed by atoms with Crippen LogP contribution in [0, 0.1) is 5.82 Å². The highest BCUT2D eigenvalue weighted by Gasteiger charge is 2.20. The van der Waals surface area contributed by atoms with Crippen LogP contribution in [0.1, 0.15) is 29.4 Å². The van der Waals surface area contributed by atoms with E-state index in [0.29, 0.717) is 6.07 Å². The molecule has 0 atom stereocenters. The molecule has 0 spiro atoms. The number of hydrogen-bond acceptors (Lipinski definition) is 3. The molecule has 16 heavy (non-hydrogen) atoms. The van der Waals surface area contributed by atoms with Gasteiger partial charge in [0.1, 0.15) is 17.1 Å². The molecule has 0 fully saturated rings. The second-order valence-corrected chi connectivity index (χ2v) is 2.79. The minimum absolute atomic E-state index is 0.00348. The number of pyridine rings is 1. The Labute approximate surface area is 88.0 Å². The smallest absolute Gasteiger partial charge is 0.343 e. The molecule has 0 aliphatic heterocycles. The molecule has 0 aliphatic carbocycles. The van der Waals surface area contributed by atoms with E-state index < -0.39 is 35.0 Å². The van der Waals surface area contributed by atoms with Gasteiger partial charge in [0.25, 0.3) is 12.0 Å². The summed E-state index contributed by atoms with van der Waals surface area (Å²) in [6.45, 7) is 1.49. The average Bonchev–Trinajstić information content (AvgIpc) is 2.20. The lowest BCUT2D eigenvalue weighted by Crippen LogP contribution is -2.22. The summed E-state index contributed by atoms with van der Waals surface area (Å²) in [5.41, 5.74) is -2.88. The molecule has 1 heterocycles. The van der Waals surface area contributed by atoms with Crippen LogP contribution in [0.5, 0.6) is 0 Å². The lowest BCUT2D eigenvalue weighted by atomic mass is 10.2. The molecule has 1 rings (SSSR count). The summed E-state index contributed by atoms with van der Waals surface area (Å²) in [6.07, 6.45) is -3.15. The van der Waals surface area contributed by atoms with Crippen molar-refractivity contribution in [2.24, 2.45) is 0 Å². The Kier molecular flexibility index (Phi) is 3.70. The van der Waals surface area contributed by atoms with Gasteiger partial charge >= 0.3 is 5.97 Å². The van der Waals surface area contributed by atoms with Gasteiger partial charge in [-0.1, -0.05) is 0 Å². The molecule has 0 amide bonds. The van der Waals surface area contributed by atoms with Gasteiger partial charge in [0.15, 0.2) is 0 Å². The highest BCUT2D eigenvalue weighted by atomic mass is 19.3. The average molecular weight is 235 g/mol. The third-order valence-electron chi connectivity index (χ3n) is 1.73. The number of aromatic nitrogens is 1. The van der Waals surface area contributed by atoms with Crippen LogP contribution >= 0.6 is 0 Å². The first kappa shape index (κ1) is 12.3. The molecular formula is C9H8F3NO3. The summed E-state index contributed by atoms with van der Waals surface area (Å²) >= 11 is 0. The summed E-state index contributed by atoms with van der Waals surface area (Å²) in [4.78, 5) is 23.9. The molecule has 7 heteroatoms. The molecule has 0 saturated heterocycles. The summed E-state index contributed by atoms with van der Waals surface area (Å²) in [5, 5.41) is 0. The van der Waals surface area contributed by atoms with Crippen LogP contribution in [0.25, 0.3) is 0 Å². The highest BCUT2D eigenvalue weighted by molar-refractivity contribution is 5.88. The van der Waals surface area contributed by atoms with Crippen molar-refractivity contribution in [3.8, 4) is 0 Å². The van der Waals surface area contributed by atoms with Crippen LogP contribution in [0.3, 0.4) is 0 Å². The lowest BCUT2D eigenvalue weighted by Gasteiger charge is -2.04. The molecule has 4 nitrogen and oxygen atoms in total. The van der Waals surface area contributed by atoms with E-state index in [9.17, 15) is 22.8 Å². The van der Waals surface area contributed by atoms with Crippen molar-refractivity contribution < 1.29 is 22.7 Å². The maximum absolute atomic E-state index is 13.0. The number of esters is 1. The van der Waals surface area contributed by atoms with E-state index >= 15 is 0 Å². The van der Waals surface area contributed by atoms with E-state index in [-0.39, 0.29) is 6.61 Å². The Morgan fingerprint density at radius 2 is 2.19 bits per heavy atom. The van der Waals surface area contributed by atoms with Crippen molar-refractivity contribution in [3.63, 3.8) is 0 Å². The first-order chi connectivity index (χ1) is 7.47. The third kappa shape index (κ3) is 2.41. The van der Waals surface area contributed by atoms with Gasteiger partial charge in [0.2, 0.25) is 0 Å². The fraction of sp³-hybridized carbons (Fsp3) is 0.333. The van der Waals surface area contributed by atoms with Crippen molar-refractivity contribution in [3.05, 3.63) is 33.5 Å². The third-order valence-corrected chi connectivity index (χ3v) is 1.73. The van der Waals surface area contributed by atoms with Crippen molar-refractivity contribution in [2.75, 3.05) is 6.61 Å². The zero-order valence-corrected chi connectivity index (χ0v) is 8.22. The minimum atomic E-state index is -3.15. The second kappa shape index (κ2) is 4.82. The predicted molar refractivity (Wildman–Crippen MR) is 47.9 cm³/mol. The minimum Gasteiger partial charge on any atom is -0.462 e. The number of alkyl halides is 2. The molecule has 0 aromatic carbocycles. The quantitative estimate of drug-likeness (QED) is 0.810. The summed E-state index contributed by atoms with van der Waals surface area (Å²) in [6, 6.07) is 0.443. The molecule has 88 valence electrons. The van der Waals surface area contributed by atoms with E-state index in [0.717, 1.165) is 0 Å². The number of hydrogen-bond donors (Lipinski definition) is 1. The lowest BCUT2D eigenvalue weighted by molar-refractivity contribution is 0.0522. The van der Waals surface area contributed by atoms with Crippen molar-refractivity contribution in [1.29, 1.82) is 0 Å². The fourth-order valence-corrected chi connectivity index (χ4v) is 1.04. The Morgan fingerprint density at radius 1 is 1.56 bits per heavy atom. The number of H-pyrrole nitrogens is 1. The fourth-order valence-electron chi connectivity index (χ4n) is 1.04. The summed E-state index contributed by atoms with van der Waals surface area (Å²) < 4.78 is 41.8. The Morgan fingerprint density at radius 3 is 2.69 bits per heavy atom. The van der Waals surface area contributed by atoms with Gasteiger partial charge in [-0.2, -0.15) is 0 Å². The molecule has 0 radical (unpaired) electrons. The Balaban J connectivity index is 3.21. The van der Waals surface area contributed by atoms with Gasteiger partial charge in [-0.05, 0) is 13.0 Å². The van der Waals surface area contributed by atoms with Crippen molar-refractivity contribution in [2.45, 2.75) is 13.3 Å². The molecule has 0 saturated carbocycles. The van der Waals surface area contributed by atoms with Crippen LogP contribution in [-0.2, 0) is 4.74 Å².